The number of aliphatic hydroxyl groups is 1. The number of anilines is 1. The van der Waals surface area contributed by atoms with Crippen LogP contribution in [0.4, 0.5) is 5.82 Å². The lowest BCUT2D eigenvalue weighted by molar-refractivity contribution is -0.170. The Bertz CT molecular complexity index is 1620. The number of para-hydroxylation sites is 1. The number of nitrogens with one attached hydrogen (secondary N) is 1. The first-order chi connectivity index (χ1) is 21.1. The van der Waals surface area contributed by atoms with Crippen LogP contribution < -0.4 is 15.3 Å². The zero-order valence-corrected chi connectivity index (χ0v) is 26.6. The fourth-order valence-electron chi connectivity index (χ4n) is 4.43. The molecule has 242 valence electrons. The number of nitrogen functional groups attached to an aromatic ring is 1. The molecule has 2 aromatic heterocycles. The third-order valence-electron chi connectivity index (χ3n) is 6.73. The van der Waals surface area contributed by atoms with Crippen LogP contribution in [0.15, 0.2) is 48.8 Å². The van der Waals surface area contributed by atoms with E-state index in [4.69, 9.17) is 29.0 Å². The number of hydrogen-bond donors (Lipinski definition) is 3. The van der Waals surface area contributed by atoms with Gasteiger partial charge in [-0.15, -0.1) is 0 Å². The number of nitrogens with two attached hydrogens (primary N) is 1. The average molecular weight is 645 g/mol. The molecule has 0 spiro atoms. The monoisotopic (exact) mass is 644 g/mol. The van der Waals surface area contributed by atoms with E-state index >= 15 is 0 Å². The van der Waals surface area contributed by atoms with E-state index in [0.717, 1.165) is 0 Å². The summed E-state index contributed by atoms with van der Waals surface area (Å²) in [5.74, 6) is -1.19. The summed E-state index contributed by atoms with van der Waals surface area (Å²) < 4.78 is 44.0. The number of nitrogens with zero attached hydrogens (tertiary/aromatic N) is 4. The highest BCUT2D eigenvalue weighted by atomic mass is 31.2. The Kier molecular flexibility index (Phi) is 9.86. The molecule has 0 aliphatic carbocycles. The van der Waals surface area contributed by atoms with Crippen LogP contribution in [0, 0.1) is 16.7 Å². The summed E-state index contributed by atoms with van der Waals surface area (Å²) in [5, 5.41) is 28.8. The number of nitriles is 1. The predicted octanol–water partition coefficient (Wildman–Crippen LogP) is 3.10. The summed E-state index contributed by atoms with van der Waals surface area (Å²) in [4.78, 5) is 29.6. The molecule has 4 rings (SSSR count). The van der Waals surface area contributed by atoms with Crippen LogP contribution in [-0.2, 0) is 32.9 Å². The highest BCUT2D eigenvalue weighted by molar-refractivity contribution is 7.52. The van der Waals surface area contributed by atoms with E-state index in [2.05, 4.69) is 15.2 Å². The minimum absolute atomic E-state index is 0.127. The molecule has 45 heavy (non-hydrogen) atoms. The number of hydrogen-bond acceptors (Lipinski definition) is 13. The van der Waals surface area contributed by atoms with E-state index in [1.54, 1.807) is 65.0 Å². The lowest BCUT2D eigenvalue weighted by Crippen LogP contribution is -2.50. The number of aromatic nitrogens is 3. The van der Waals surface area contributed by atoms with Gasteiger partial charge < -0.3 is 29.6 Å². The molecule has 15 nitrogen and oxygen atoms in total. The van der Waals surface area contributed by atoms with Gasteiger partial charge in [0.15, 0.2) is 11.9 Å². The van der Waals surface area contributed by atoms with Crippen LogP contribution in [0.1, 0.15) is 53.3 Å². The number of aliphatic hydroxyl groups excluding tert-OH is 1. The minimum Gasteiger partial charge on any atom is -0.462 e. The van der Waals surface area contributed by atoms with Crippen molar-refractivity contribution in [2.45, 2.75) is 77.6 Å². The highest BCUT2D eigenvalue weighted by Crippen LogP contribution is 2.49. The molecule has 1 aromatic carbocycles. The molecular formula is C29H37N6O9P. The van der Waals surface area contributed by atoms with Crippen molar-refractivity contribution < 1.29 is 42.5 Å². The van der Waals surface area contributed by atoms with Gasteiger partial charge in [0.1, 0.15) is 48.5 Å². The van der Waals surface area contributed by atoms with Crippen LogP contribution >= 0.6 is 7.75 Å². The van der Waals surface area contributed by atoms with Gasteiger partial charge in [-0.05, 0) is 65.8 Å². The molecule has 0 bridgehead atoms. The van der Waals surface area contributed by atoms with Crippen LogP contribution in [0.5, 0.6) is 5.75 Å². The summed E-state index contributed by atoms with van der Waals surface area (Å²) in [7, 11) is -4.49. The number of ether oxygens (including phenoxy) is 3. The molecule has 1 saturated heterocycles. The van der Waals surface area contributed by atoms with Crippen molar-refractivity contribution in [2.75, 3.05) is 12.3 Å². The van der Waals surface area contributed by atoms with E-state index in [-0.39, 0.29) is 17.3 Å². The molecule has 1 aliphatic rings. The third kappa shape index (κ3) is 7.43. The summed E-state index contributed by atoms with van der Waals surface area (Å²) in [6.45, 7) is 8.69. The zero-order chi connectivity index (χ0) is 33.2. The molecule has 4 N–H and O–H groups in total. The summed E-state index contributed by atoms with van der Waals surface area (Å²) in [6.07, 6.45) is -3.77. The van der Waals surface area contributed by atoms with Gasteiger partial charge in [0.05, 0.1) is 17.2 Å². The molecule has 6 atom stereocenters. The van der Waals surface area contributed by atoms with Gasteiger partial charge in [-0.1, -0.05) is 18.2 Å². The Hall–Kier alpha value is -4.06. The first-order valence-corrected chi connectivity index (χ1v) is 15.7. The van der Waals surface area contributed by atoms with E-state index in [1.165, 1.54) is 29.9 Å². The van der Waals surface area contributed by atoms with Gasteiger partial charge in [-0.25, -0.2) is 14.1 Å². The molecule has 3 aromatic rings. The van der Waals surface area contributed by atoms with Gasteiger partial charge in [-0.3, -0.25) is 14.1 Å². The van der Waals surface area contributed by atoms with E-state index in [1.807, 2.05) is 6.07 Å². The number of carbonyl (C=O) groups excluding carboxylic acids is 2. The molecule has 16 heteroatoms. The standard InChI is InChI=1S/C29H37N6O9P/c1-17(2)41-26(37)18(3)34-45(39,44-19-10-8-7-9-11-19)40-15-29(14-30)24(42-27(38)28(4,5)6)22(36)23(43-29)20-12-13-21-25(31)32-16-33-35(20)21/h7-13,16-18,22-24,36H,15H2,1-6H3,(H,34,39)(H2,31,32,33)/t18-,22-,23-,24-,29+,45?/m0/s1. The van der Waals surface area contributed by atoms with Crippen LogP contribution in [0.3, 0.4) is 0 Å². The Morgan fingerprint density at radius 2 is 1.91 bits per heavy atom. The number of carbonyl (C=O) groups is 2. The van der Waals surface area contributed by atoms with Gasteiger partial charge in [0.2, 0.25) is 5.60 Å². The van der Waals surface area contributed by atoms with Crippen LogP contribution in [0.2, 0.25) is 0 Å². The second-order valence-corrected chi connectivity index (χ2v) is 13.5. The largest absolute Gasteiger partial charge is 0.462 e. The summed E-state index contributed by atoms with van der Waals surface area (Å²) in [6, 6.07) is 12.0. The molecule has 1 unspecified atom stereocenters. The molecule has 3 heterocycles. The number of benzene rings is 1. The van der Waals surface area contributed by atoms with E-state index in [9.17, 15) is 24.5 Å². The first-order valence-electron chi connectivity index (χ1n) is 14.1. The predicted molar refractivity (Wildman–Crippen MR) is 159 cm³/mol. The minimum atomic E-state index is -4.49. The molecule has 0 radical (unpaired) electrons. The fraction of sp³-hybridized carbons (Fsp3) is 0.483. The molecule has 0 amide bonds. The fourth-order valence-corrected chi connectivity index (χ4v) is 5.95. The maximum atomic E-state index is 14.2. The maximum absolute atomic E-state index is 14.2. The lowest BCUT2D eigenvalue weighted by Gasteiger charge is -2.31. The Morgan fingerprint density at radius 1 is 1.22 bits per heavy atom. The van der Waals surface area contributed by atoms with E-state index in [0.29, 0.717) is 5.52 Å². The number of fused-ring (bicyclic) bond motifs is 1. The molecule has 1 aliphatic heterocycles. The Labute approximate surface area is 260 Å². The van der Waals surface area contributed by atoms with Crippen LogP contribution in [-0.4, -0.2) is 68.2 Å². The molecule has 0 saturated carbocycles. The van der Waals surface area contributed by atoms with Crippen molar-refractivity contribution in [3.05, 3.63) is 54.5 Å². The van der Waals surface area contributed by atoms with Crippen molar-refractivity contribution in [3.8, 4) is 11.8 Å². The topological polar surface area (TPSA) is 210 Å². The maximum Gasteiger partial charge on any atom is 0.459 e. The molecule has 1 fully saturated rings. The highest BCUT2D eigenvalue weighted by Gasteiger charge is 2.60. The second-order valence-electron chi connectivity index (χ2n) is 11.8. The number of rotatable bonds is 11. The van der Waals surface area contributed by atoms with Crippen molar-refractivity contribution in [3.63, 3.8) is 0 Å². The van der Waals surface area contributed by atoms with Crippen molar-refractivity contribution in [2.24, 2.45) is 5.41 Å². The summed E-state index contributed by atoms with van der Waals surface area (Å²) in [5.41, 5.74) is 3.41. The van der Waals surface area contributed by atoms with Crippen molar-refractivity contribution >= 4 is 31.0 Å². The van der Waals surface area contributed by atoms with Gasteiger partial charge in [0, 0.05) is 0 Å². The van der Waals surface area contributed by atoms with E-state index < -0.39 is 67.8 Å². The average Bonchev–Trinajstić information content (AvgIpc) is 3.52. The van der Waals surface area contributed by atoms with Crippen molar-refractivity contribution in [1.29, 1.82) is 5.26 Å². The Balaban J connectivity index is 1.71. The van der Waals surface area contributed by atoms with Gasteiger partial charge >= 0.3 is 19.7 Å². The first kappa shape index (κ1) is 33.8. The lowest BCUT2D eigenvalue weighted by atomic mass is 9.93. The Morgan fingerprint density at radius 3 is 2.53 bits per heavy atom. The quantitative estimate of drug-likeness (QED) is 0.202. The van der Waals surface area contributed by atoms with Crippen LogP contribution in [0.25, 0.3) is 5.52 Å². The normalized spacial score (nSPS) is 23.7. The molecular weight excluding hydrogens is 607 g/mol. The summed E-state index contributed by atoms with van der Waals surface area (Å²) >= 11 is 0. The van der Waals surface area contributed by atoms with Crippen molar-refractivity contribution in [1.82, 2.24) is 19.7 Å². The second kappa shape index (κ2) is 13.1. The third-order valence-corrected chi connectivity index (χ3v) is 8.35. The SMILES string of the molecule is CC(C)OC(=O)[C@H](C)NP(=O)(OC[C@@]1(C#N)O[C@@H](c2ccc3c(N)ncnn23)[C@H](O)[C@@H]1OC(=O)C(C)(C)C)Oc1ccccc1. The van der Waals surface area contributed by atoms with Gasteiger partial charge in [0.25, 0.3) is 0 Å². The number of esters is 2. The zero-order valence-electron chi connectivity index (χ0n) is 25.7. The van der Waals surface area contributed by atoms with Gasteiger partial charge in [-0.2, -0.15) is 15.4 Å². The smallest absolute Gasteiger partial charge is 0.459 e.